The number of rotatable bonds is 5. The molecule has 0 spiro atoms. The van der Waals surface area contributed by atoms with Crippen LogP contribution in [0.25, 0.3) is 6.08 Å². The number of para-hydroxylation sites is 2. The van der Waals surface area contributed by atoms with Crippen LogP contribution >= 0.6 is 23.2 Å². The first-order valence-electron chi connectivity index (χ1n) is 8.63. The quantitative estimate of drug-likeness (QED) is 0.289. The summed E-state index contributed by atoms with van der Waals surface area (Å²) in [6, 6.07) is 15.5. The van der Waals surface area contributed by atoms with Crippen LogP contribution in [-0.4, -0.2) is 11.8 Å². The molecule has 0 radical (unpaired) electrons. The average molecular weight is 447 g/mol. The van der Waals surface area contributed by atoms with Crippen molar-refractivity contribution in [2.75, 3.05) is 10.6 Å². The zero-order valence-electron chi connectivity index (χ0n) is 15.3. The van der Waals surface area contributed by atoms with E-state index >= 15 is 0 Å². The number of benzene rings is 3. The van der Waals surface area contributed by atoms with E-state index in [2.05, 4.69) is 10.6 Å². The van der Waals surface area contributed by atoms with Crippen molar-refractivity contribution in [2.45, 2.75) is 0 Å². The number of carbonyl (C=O) groups excluding carboxylic acids is 2. The molecule has 152 valence electrons. The van der Waals surface area contributed by atoms with E-state index in [1.807, 2.05) is 0 Å². The summed E-state index contributed by atoms with van der Waals surface area (Å²) in [5.41, 5.74) is -0.322. The van der Waals surface area contributed by atoms with Gasteiger partial charge in [-0.25, -0.2) is 8.78 Å². The molecule has 0 atom stereocenters. The highest BCUT2D eigenvalue weighted by molar-refractivity contribution is 6.36. The maximum absolute atomic E-state index is 13.9. The Bertz CT molecular complexity index is 1090. The van der Waals surface area contributed by atoms with E-state index in [1.54, 1.807) is 0 Å². The van der Waals surface area contributed by atoms with Gasteiger partial charge in [-0.3, -0.25) is 9.59 Å². The number of hydrogen-bond acceptors (Lipinski definition) is 2. The summed E-state index contributed by atoms with van der Waals surface area (Å²) in [5, 5.41) is 5.23. The van der Waals surface area contributed by atoms with Gasteiger partial charge in [0.2, 0.25) is 0 Å². The van der Waals surface area contributed by atoms with Gasteiger partial charge in [-0.15, -0.1) is 0 Å². The van der Waals surface area contributed by atoms with Gasteiger partial charge in [-0.2, -0.15) is 0 Å². The van der Waals surface area contributed by atoms with Gasteiger partial charge in [0.1, 0.15) is 17.2 Å². The first kappa shape index (κ1) is 21.5. The van der Waals surface area contributed by atoms with Crippen molar-refractivity contribution in [1.82, 2.24) is 0 Å². The molecule has 0 saturated carbocycles. The molecule has 0 heterocycles. The minimum atomic E-state index is -0.903. The fourth-order valence-electron chi connectivity index (χ4n) is 2.51. The molecule has 2 amide bonds. The molecule has 3 aromatic carbocycles. The number of nitrogens with one attached hydrogen (secondary N) is 2. The summed E-state index contributed by atoms with van der Waals surface area (Å²) < 4.78 is 27.9. The molecule has 0 aliphatic rings. The zero-order chi connectivity index (χ0) is 21.7. The van der Waals surface area contributed by atoms with Gasteiger partial charge in [-0.05, 0) is 48.0 Å². The van der Waals surface area contributed by atoms with Gasteiger partial charge in [0.25, 0.3) is 11.8 Å². The van der Waals surface area contributed by atoms with Crippen molar-refractivity contribution >= 4 is 52.5 Å². The third-order valence-corrected chi connectivity index (χ3v) is 4.56. The molecule has 0 aliphatic carbocycles. The molecule has 8 heteroatoms. The van der Waals surface area contributed by atoms with Gasteiger partial charge >= 0.3 is 0 Å². The van der Waals surface area contributed by atoms with E-state index in [0.717, 1.165) is 12.1 Å². The fourth-order valence-corrected chi connectivity index (χ4v) is 2.98. The van der Waals surface area contributed by atoms with Crippen LogP contribution in [0.5, 0.6) is 0 Å². The number of anilines is 2. The van der Waals surface area contributed by atoms with Crippen LogP contribution in [0.4, 0.5) is 20.2 Å². The predicted octanol–water partition coefficient (Wildman–Crippen LogP) is 5.93. The second-order valence-electron chi connectivity index (χ2n) is 6.09. The van der Waals surface area contributed by atoms with E-state index in [-0.39, 0.29) is 16.4 Å². The van der Waals surface area contributed by atoms with Crippen LogP contribution in [0.2, 0.25) is 10.0 Å². The number of hydrogen-bond donors (Lipinski definition) is 2. The van der Waals surface area contributed by atoms with Crippen LogP contribution in [0.15, 0.2) is 72.3 Å². The van der Waals surface area contributed by atoms with Crippen LogP contribution < -0.4 is 10.6 Å². The van der Waals surface area contributed by atoms with Crippen LogP contribution in [0.1, 0.15) is 5.56 Å². The summed E-state index contributed by atoms with van der Waals surface area (Å²) in [4.78, 5) is 25.6. The van der Waals surface area contributed by atoms with Gasteiger partial charge in [0, 0.05) is 10.0 Å². The molecule has 0 bridgehead atoms. The van der Waals surface area contributed by atoms with Gasteiger partial charge in [0.15, 0.2) is 0 Å². The zero-order valence-corrected chi connectivity index (χ0v) is 16.8. The highest BCUT2D eigenvalue weighted by Gasteiger charge is 2.21. The SMILES string of the molecule is O=C(Nc1ccccc1F)C(=Cc1ccc(Cl)cc1Cl)C(=O)Nc1ccccc1F. The van der Waals surface area contributed by atoms with E-state index in [1.165, 1.54) is 60.7 Å². The Balaban J connectivity index is 1.98. The molecular weight excluding hydrogens is 433 g/mol. The summed E-state index contributed by atoms with van der Waals surface area (Å²) in [6.07, 6.45) is 1.21. The monoisotopic (exact) mass is 446 g/mol. The third kappa shape index (κ3) is 5.23. The van der Waals surface area contributed by atoms with Crippen LogP contribution in [-0.2, 0) is 9.59 Å². The number of carbonyl (C=O) groups is 2. The van der Waals surface area contributed by atoms with Gasteiger partial charge in [-0.1, -0.05) is 53.5 Å². The molecule has 0 aromatic heterocycles. The fraction of sp³-hybridized carbons (Fsp3) is 0. The standard InChI is InChI=1S/C22H14Cl2F2N2O2/c23-14-10-9-13(16(24)12-14)11-15(21(29)27-19-7-3-1-5-17(19)25)22(30)28-20-8-4-2-6-18(20)26/h1-12H,(H,27,29)(H,28,30). The maximum atomic E-state index is 13.9. The Morgan fingerprint density at radius 2 is 1.27 bits per heavy atom. The lowest BCUT2D eigenvalue weighted by atomic mass is 10.1. The largest absolute Gasteiger partial charge is 0.319 e. The van der Waals surface area contributed by atoms with Crippen LogP contribution in [0, 0.1) is 11.6 Å². The first-order valence-corrected chi connectivity index (χ1v) is 9.39. The third-order valence-electron chi connectivity index (χ3n) is 4.00. The number of halogens is 4. The Kier molecular flexibility index (Phi) is 6.82. The second-order valence-corrected chi connectivity index (χ2v) is 6.94. The molecule has 0 saturated heterocycles. The summed E-state index contributed by atoms with van der Waals surface area (Å²) >= 11 is 12.0. The normalized spacial score (nSPS) is 10.3. The van der Waals surface area contributed by atoms with E-state index in [9.17, 15) is 18.4 Å². The molecule has 0 unspecified atom stereocenters. The van der Waals surface area contributed by atoms with Crippen molar-refractivity contribution < 1.29 is 18.4 Å². The molecule has 3 rings (SSSR count). The lowest BCUT2D eigenvalue weighted by molar-refractivity contribution is -0.118. The summed E-state index contributed by atoms with van der Waals surface area (Å²) in [7, 11) is 0. The molecular formula is C22H14Cl2F2N2O2. The molecule has 2 N–H and O–H groups in total. The highest BCUT2D eigenvalue weighted by Crippen LogP contribution is 2.24. The maximum Gasteiger partial charge on any atom is 0.261 e. The van der Waals surface area contributed by atoms with Crippen molar-refractivity contribution in [1.29, 1.82) is 0 Å². The summed E-state index contributed by atoms with van der Waals surface area (Å²) in [6.45, 7) is 0. The Hall–Kier alpha value is -3.22. The molecule has 0 aliphatic heterocycles. The number of amides is 2. The van der Waals surface area contributed by atoms with Crippen molar-refractivity contribution in [3.8, 4) is 0 Å². The van der Waals surface area contributed by atoms with E-state index in [4.69, 9.17) is 23.2 Å². The Morgan fingerprint density at radius 3 is 1.73 bits per heavy atom. The average Bonchev–Trinajstić information content (AvgIpc) is 2.70. The Morgan fingerprint density at radius 1 is 0.767 bits per heavy atom. The predicted molar refractivity (Wildman–Crippen MR) is 114 cm³/mol. The molecule has 0 fully saturated rings. The second kappa shape index (κ2) is 9.52. The van der Waals surface area contributed by atoms with Gasteiger partial charge < -0.3 is 10.6 Å². The van der Waals surface area contributed by atoms with E-state index in [0.29, 0.717) is 10.6 Å². The van der Waals surface area contributed by atoms with Crippen molar-refractivity contribution in [2.24, 2.45) is 0 Å². The smallest absolute Gasteiger partial charge is 0.261 e. The highest BCUT2D eigenvalue weighted by atomic mass is 35.5. The summed E-state index contributed by atoms with van der Waals surface area (Å²) in [5.74, 6) is -3.16. The molecule has 4 nitrogen and oxygen atoms in total. The lowest BCUT2D eigenvalue weighted by Gasteiger charge is -2.12. The Labute approximate surface area is 181 Å². The van der Waals surface area contributed by atoms with E-state index < -0.39 is 29.0 Å². The first-order chi connectivity index (χ1) is 14.3. The van der Waals surface area contributed by atoms with Crippen LogP contribution in [0.3, 0.4) is 0 Å². The topological polar surface area (TPSA) is 58.2 Å². The molecule has 3 aromatic rings. The molecule has 30 heavy (non-hydrogen) atoms. The minimum absolute atomic E-state index is 0.116. The lowest BCUT2D eigenvalue weighted by Crippen LogP contribution is -2.26. The van der Waals surface area contributed by atoms with Gasteiger partial charge in [0.05, 0.1) is 11.4 Å². The minimum Gasteiger partial charge on any atom is -0.319 e. The van der Waals surface area contributed by atoms with Crippen molar-refractivity contribution in [3.63, 3.8) is 0 Å². The van der Waals surface area contributed by atoms with Crippen molar-refractivity contribution in [3.05, 3.63) is 99.5 Å².